The maximum Gasteiger partial charge on any atom is 0.265 e. The summed E-state index contributed by atoms with van der Waals surface area (Å²) in [6.45, 7) is 4.09. The largest absolute Gasteiger partial charge is 0.397 e. The maximum absolute atomic E-state index is 11.8. The van der Waals surface area contributed by atoms with Crippen LogP contribution in [-0.4, -0.2) is 17.0 Å². The minimum atomic E-state index is -0.252. The lowest BCUT2D eigenvalue weighted by Gasteiger charge is -2.09. The van der Waals surface area contributed by atoms with Crippen LogP contribution < -0.4 is 16.6 Å². The summed E-state index contributed by atoms with van der Waals surface area (Å²) < 4.78 is 1.69. The van der Waals surface area contributed by atoms with Crippen LogP contribution in [0, 0.1) is 6.92 Å². The fraction of sp³-hybridized carbons (Fsp3) is 0.400. The second-order valence-electron chi connectivity index (χ2n) is 3.41. The van der Waals surface area contributed by atoms with Crippen LogP contribution in [0.1, 0.15) is 12.5 Å². The first-order chi connectivity index (χ1) is 7.47. The number of hydrogen-bond donors (Lipinski definition) is 2. The van der Waals surface area contributed by atoms with Crippen molar-refractivity contribution in [3.05, 3.63) is 26.6 Å². The van der Waals surface area contributed by atoms with E-state index >= 15 is 0 Å². The first-order valence-corrected chi connectivity index (χ1v) is 5.68. The molecule has 0 aliphatic rings. The van der Waals surface area contributed by atoms with Crippen molar-refractivity contribution >= 4 is 27.5 Å². The number of aromatic nitrogens is 1. The number of amides is 1. The molecule has 5 nitrogen and oxygen atoms in total. The lowest BCUT2D eigenvalue weighted by molar-refractivity contribution is -0.121. The van der Waals surface area contributed by atoms with Gasteiger partial charge >= 0.3 is 0 Å². The van der Waals surface area contributed by atoms with Crippen molar-refractivity contribution in [2.45, 2.75) is 20.4 Å². The van der Waals surface area contributed by atoms with Crippen LogP contribution in [0.3, 0.4) is 0 Å². The van der Waals surface area contributed by atoms with E-state index < -0.39 is 0 Å². The van der Waals surface area contributed by atoms with Gasteiger partial charge in [-0.2, -0.15) is 0 Å². The monoisotopic (exact) mass is 287 g/mol. The predicted octanol–water partition coefficient (Wildman–Crippen LogP) is 0.638. The van der Waals surface area contributed by atoms with Crippen molar-refractivity contribution < 1.29 is 4.79 Å². The Morgan fingerprint density at radius 3 is 2.81 bits per heavy atom. The van der Waals surface area contributed by atoms with Gasteiger partial charge in [-0.05, 0) is 35.3 Å². The average Bonchev–Trinajstić information content (AvgIpc) is 2.23. The number of nitrogens with zero attached hydrogens (tertiary/aromatic N) is 1. The highest BCUT2D eigenvalue weighted by Gasteiger charge is 2.10. The summed E-state index contributed by atoms with van der Waals surface area (Å²) >= 11 is 3.16. The average molecular weight is 288 g/mol. The van der Waals surface area contributed by atoms with Crippen LogP contribution in [0.5, 0.6) is 0 Å². The van der Waals surface area contributed by atoms with Crippen LogP contribution in [-0.2, 0) is 11.3 Å². The third kappa shape index (κ3) is 2.63. The van der Waals surface area contributed by atoms with Gasteiger partial charge in [0.2, 0.25) is 5.91 Å². The van der Waals surface area contributed by atoms with Gasteiger partial charge in [-0.15, -0.1) is 0 Å². The van der Waals surface area contributed by atoms with Crippen molar-refractivity contribution in [3.8, 4) is 0 Å². The summed E-state index contributed by atoms with van der Waals surface area (Å²) in [6.07, 6.45) is 1.48. The van der Waals surface area contributed by atoms with Gasteiger partial charge in [-0.3, -0.25) is 9.59 Å². The number of carbonyl (C=O) groups excluding carboxylic acids is 1. The third-order valence-electron chi connectivity index (χ3n) is 2.19. The van der Waals surface area contributed by atoms with Crippen LogP contribution in [0.4, 0.5) is 5.69 Å². The molecule has 0 radical (unpaired) electrons. The molecule has 6 heteroatoms. The lowest BCUT2D eigenvalue weighted by Crippen LogP contribution is -2.32. The number of rotatable bonds is 3. The summed E-state index contributed by atoms with van der Waals surface area (Å²) in [5.41, 5.74) is 6.64. The number of likely N-dealkylation sites (N-methyl/N-ethyl adjacent to an activating group) is 1. The summed E-state index contributed by atoms with van der Waals surface area (Å²) in [5.74, 6) is -0.209. The first kappa shape index (κ1) is 12.8. The van der Waals surface area contributed by atoms with Gasteiger partial charge in [0, 0.05) is 12.7 Å². The van der Waals surface area contributed by atoms with Crippen molar-refractivity contribution in [3.63, 3.8) is 0 Å². The number of pyridine rings is 1. The van der Waals surface area contributed by atoms with E-state index in [1.54, 1.807) is 6.92 Å². The fourth-order valence-corrected chi connectivity index (χ4v) is 1.72. The molecule has 0 aliphatic carbocycles. The standard InChI is InChI=1S/C10H14BrN3O2/c1-3-13-8(15)5-14-4-7(12)6(2)9(11)10(14)16/h4H,3,5,12H2,1-2H3,(H,13,15). The Kier molecular flexibility index (Phi) is 4.12. The maximum atomic E-state index is 11.8. The summed E-state index contributed by atoms with van der Waals surface area (Å²) in [5, 5.41) is 2.62. The molecule has 0 aliphatic heterocycles. The first-order valence-electron chi connectivity index (χ1n) is 4.89. The van der Waals surface area contributed by atoms with Crippen molar-refractivity contribution in [1.29, 1.82) is 0 Å². The Balaban J connectivity index is 3.07. The SMILES string of the molecule is CCNC(=O)Cn1cc(N)c(C)c(Br)c1=O. The highest BCUT2D eigenvalue weighted by molar-refractivity contribution is 9.10. The van der Waals surface area contributed by atoms with E-state index in [0.717, 1.165) is 0 Å². The van der Waals surface area contributed by atoms with Gasteiger partial charge in [-0.25, -0.2) is 0 Å². The molecular formula is C10H14BrN3O2. The third-order valence-corrected chi connectivity index (χ3v) is 3.13. The minimum absolute atomic E-state index is 0.0181. The zero-order chi connectivity index (χ0) is 12.3. The van der Waals surface area contributed by atoms with Crippen LogP contribution in [0.2, 0.25) is 0 Å². The number of halogens is 1. The molecule has 1 aromatic heterocycles. The van der Waals surface area contributed by atoms with E-state index in [1.165, 1.54) is 10.8 Å². The molecule has 0 bridgehead atoms. The van der Waals surface area contributed by atoms with Crippen LogP contribution in [0.25, 0.3) is 0 Å². The molecule has 1 amide bonds. The van der Waals surface area contributed by atoms with E-state index in [4.69, 9.17) is 5.73 Å². The van der Waals surface area contributed by atoms with Crippen LogP contribution in [0.15, 0.2) is 15.5 Å². The quantitative estimate of drug-likeness (QED) is 0.856. The predicted molar refractivity (Wildman–Crippen MR) is 66.2 cm³/mol. The van der Waals surface area contributed by atoms with Gasteiger partial charge in [0.15, 0.2) is 0 Å². The Morgan fingerprint density at radius 1 is 1.62 bits per heavy atom. The van der Waals surface area contributed by atoms with E-state index in [9.17, 15) is 9.59 Å². The van der Waals surface area contributed by atoms with Gasteiger partial charge in [-0.1, -0.05) is 0 Å². The smallest absolute Gasteiger partial charge is 0.265 e. The molecule has 1 heterocycles. The van der Waals surface area contributed by atoms with E-state index in [-0.39, 0.29) is 18.0 Å². The Labute approximate surface area is 102 Å². The molecule has 16 heavy (non-hydrogen) atoms. The summed E-state index contributed by atoms with van der Waals surface area (Å²) in [7, 11) is 0. The fourth-order valence-electron chi connectivity index (χ4n) is 1.26. The second-order valence-corrected chi connectivity index (χ2v) is 4.20. The molecule has 0 unspecified atom stereocenters. The van der Waals surface area contributed by atoms with Gasteiger partial charge in [0.1, 0.15) is 6.54 Å². The Morgan fingerprint density at radius 2 is 2.25 bits per heavy atom. The van der Waals surface area contributed by atoms with Gasteiger partial charge < -0.3 is 15.6 Å². The molecule has 0 fully saturated rings. The van der Waals surface area contributed by atoms with Gasteiger partial charge in [0.05, 0.1) is 10.2 Å². The van der Waals surface area contributed by atoms with Crippen molar-refractivity contribution in [2.75, 3.05) is 12.3 Å². The molecule has 0 saturated carbocycles. The number of anilines is 1. The van der Waals surface area contributed by atoms with E-state index in [0.29, 0.717) is 22.3 Å². The molecule has 3 N–H and O–H groups in total. The number of hydrogen-bond acceptors (Lipinski definition) is 3. The Bertz CT molecular complexity index is 468. The van der Waals surface area contributed by atoms with Crippen LogP contribution >= 0.6 is 15.9 Å². The number of nitrogen functional groups attached to an aromatic ring is 1. The lowest BCUT2D eigenvalue weighted by atomic mass is 10.2. The van der Waals surface area contributed by atoms with Crippen molar-refractivity contribution in [2.24, 2.45) is 0 Å². The second kappa shape index (κ2) is 5.16. The number of carbonyl (C=O) groups is 1. The molecule has 0 aromatic carbocycles. The molecule has 1 aromatic rings. The van der Waals surface area contributed by atoms with Crippen molar-refractivity contribution in [1.82, 2.24) is 9.88 Å². The molecule has 0 atom stereocenters. The number of nitrogens with two attached hydrogens (primary N) is 1. The summed E-state index contributed by atoms with van der Waals surface area (Å²) in [4.78, 5) is 23.1. The minimum Gasteiger partial charge on any atom is -0.397 e. The normalized spacial score (nSPS) is 10.2. The molecule has 88 valence electrons. The topological polar surface area (TPSA) is 77.1 Å². The zero-order valence-corrected chi connectivity index (χ0v) is 10.8. The number of nitrogens with one attached hydrogen (secondary N) is 1. The molecular weight excluding hydrogens is 274 g/mol. The van der Waals surface area contributed by atoms with E-state index in [1.807, 2.05) is 6.92 Å². The Hall–Kier alpha value is -1.30. The van der Waals surface area contributed by atoms with E-state index in [2.05, 4.69) is 21.2 Å². The molecule has 1 rings (SSSR count). The highest BCUT2D eigenvalue weighted by Crippen LogP contribution is 2.16. The zero-order valence-electron chi connectivity index (χ0n) is 9.21. The summed E-state index contributed by atoms with van der Waals surface area (Å²) in [6, 6.07) is 0. The molecule has 0 saturated heterocycles. The molecule has 0 spiro atoms. The van der Waals surface area contributed by atoms with Gasteiger partial charge in [0.25, 0.3) is 5.56 Å². The highest BCUT2D eigenvalue weighted by atomic mass is 79.9.